The van der Waals surface area contributed by atoms with Gasteiger partial charge in [0.05, 0.1) is 18.6 Å². The van der Waals surface area contributed by atoms with E-state index >= 15 is 0 Å². The Morgan fingerprint density at radius 1 is 1.43 bits per heavy atom. The fraction of sp³-hybridized carbons (Fsp3) is 0.286. The van der Waals surface area contributed by atoms with E-state index in [1.165, 1.54) is 11.8 Å². The van der Waals surface area contributed by atoms with Crippen molar-refractivity contribution in [1.82, 2.24) is 5.32 Å². The standard InChI is InChI=1S/C14H14BrNO3S2/c1-3-4-19-11-7-9(15)8(5-10(11)18-2)6-12-13(17)16-14(20)21-12/h5-7H,3-4H2,1-2H3,(H,16,17,20). The van der Waals surface area contributed by atoms with Crippen molar-refractivity contribution in [2.45, 2.75) is 13.3 Å². The summed E-state index contributed by atoms with van der Waals surface area (Å²) in [6.45, 7) is 2.66. The van der Waals surface area contributed by atoms with Gasteiger partial charge in [-0.05, 0) is 30.2 Å². The van der Waals surface area contributed by atoms with E-state index < -0.39 is 0 Å². The smallest absolute Gasteiger partial charge is 0.263 e. The van der Waals surface area contributed by atoms with Crippen LogP contribution in [0.3, 0.4) is 0 Å². The van der Waals surface area contributed by atoms with E-state index in [4.69, 9.17) is 21.7 Å². The molecule has 1 amide bonds. The van der Waals surface area contributed by atoms with Crippen LogP contribution in [0.25, 0.3) is 6.08 Å². The molecule has 1 N–H and O–H groups in total. The van der Waals surface area contributed by atoms with Gasteiger partial charge in [-0.2, -0.15) is 0 Å². The summed E-state index contributed by atoms with van der Waals surface area (Å²) < 4.78 is 12.3. The Bertz CT molecular complexity index is 616. The molecule has 21 heavy (non-hydrogen) atoms. The Labute approximate surface area is 141 Å². The summed E-state index contributed by atoms with van der Waals surface area (Å²) in [5.74, 6) is 1.12. The topological polar surface area (TPSA) is 47.6 Å². The zero-order valence-corrected chi connectivity index (χ0v) is 14.8. The van der Waals surface area contributed by atoms with Gasteiger partial charge in [-0.15, -0.1) is 0 Å². The SMILES string of the molecule is CCCOc1cc(Br)c(C=C2SC(=S)NC2=O)cc1OC. The number of nitrogens with one attached hydrogen (secondary N) is 1. The molecule has 0 saturated carbocycles. The minimum absolute atomic E-state index is 0.179. The Hall–Kier alpha value is -1.05. The highest BCUT2D eigenvalue weighted by molar-refractivity contribution is 9.10. The molecule has 1 aromatic rings. The van der Waals surface area contributed by atoms with Crippen molar-refractivity contribution in [3.63, 3.8) is 0 Å². The third-order valence-electron chi connectivity index (χ3n) is 2.67. The minimum Gasteiger partial charge on any atom is -0.493 e. The van der Waals surface area contributed by atoms with E-state index in [9.17, 15) is 4.79 Å². The van der Waals surface area contributed by atoms with Crippen molar-refractivity contribution in [3.05, 3.63) is 27.1 Å². The van der Waals surface area contributed by atoms with Crippen LogP contribution in [0.2, 0.25) is 0 Å². The summed E-state index contributed by atoms with van der Waals surface area (Å²) in [4.78, 5) is 12.3. The summed E-state index contributed by atoms with van der Waals surface area (Å²) >= 11 is 9.71. The molecule has 7 heteroatoms. The van der Waals surface area contributed by atoms with Crippen LogP contribution < -0.4 is 14.8 Å². The predicted molar refractivity (Wildman–Crippen MR) is 92.8 cm³/mol. The number of benzene rings is 1. The van der Waals surface area contributed by atoms with Crippen LogP contribution in [-0.2, 0) is 4.79 Å². The number of rotatable bonds is 5. The molecule has 0 aliphatic carbocycles. The van der Waals surface area contributed by atoms with Gasteiger partial charge < -0.3 is 14.8 Å². The minimum atomic E-state index is -0.179. The lowest BCUT2D eigenvalue weighted by atomic mass is 10.2. The maximum atomic E-state index is 11.7. The molecule has 0 unspecified atom stereocenters. The Kier molecular flexibility index (Phi) is 5.66. The molecular weight excluding hydrogens is 374 g/mol. The van der Waals surface area contributed by atoms with Gasteiger partial charge in [0.25, 0.3) is 5.91 Å². The monoisotopic (exact) mass is 387 g/mol. The van der Waals surface area contributed by atoms with Crippen LogP contribution >= 0.6 is 39.9 Å². The number of thioether (sulfide) groups is 1. The molecule has 0 spiro atoms. The number of carbonyl (C=O) groups excluding carboxylic acids is 1. The van der Waals surface area contributed by atoms with Crippen molar-refractivity contribution in [1.29, 1.82) is 0 Å². The highest BCUT2D eigenvalue weighted by Gasteiger charge is 2.22. The maximum absolute atomic E-state index is 11.7. The lowest BCUT2D eigenvalue weighted by molar-refractivity contribution is -0.115. The van der Waals surface area contributed by atoms with E-state index in [2.05, 4.69) is 21.2 Å². The fourth-order valence-corrected chi connectivity index (χ4v) is 3.18. The molecule has 1 aliphatic heterocycles. The van der Waals surface area contributed by atoms with Gasteiger partial charge in [0.1, 0.15) is 4.32 Å². The van der Waals surface area contributed by atoms with Gasteiger partial charge in [0, 0.05) is 4.47 Å². The first-order valence-electron chi connectivity index (χ1n) is 6.30. The molecule has 4 nitrogen and oxygen atoms in total. The van der Waals surface area contributed by atoms with E-state index in [0.29, 0.717) is 27.3 Å². The normalized spacial score (nSPS) is 16.2. The summed E-state index contributed by atoms with van der Waals surface area (Å²) in [6, 6.07) is 3.67. The van der Waals surface area contributed by atoms with Gasteiger partial charge in [0.15, 0.2) is 11.5 Å². The summed E-state index contributed by atoms with van der Waals surface area (Å²) in [6.07, 6.45) is 2.69. The zero-order chi connectivity index (χ0) is 15.4. The number of ether oxygens (including phenoxy) is 2. The van der Waals surface area contributed by atoms with Gasteiger partial charge in [0.2, 0.25) is 0 Å². The van der Waals surface area contributed by atoms with E-state index in [0.717, 1.165) is 16.5 Å². The number of methoxy groups -OCH3 is 1. The predicted octanol–water partition coefficient (Wildman–Crippen LogP) is 3.74. The van der Waals surface area contributed by atoms with Crippen molar-refractivity contribution < 1.29 is 14.3 Å². The third kappa shape index (κ3) is 3.99. The van der Waals surface area contributed by atoms with Crippen molar-refractivity contribution in [2.24, 2.45) is 0 Å². The fourth-order valence-electron chi connectivity index (χ4n) is 1.71. The van der Waals surface area contributed by atoms with Crippen LogP contribution in [0.15, 0.2) is 21.5 Å². The Morgan fingerprint density at radius 3 is 2.76 bits per heavy atom. The molecule has 1 heterocycles. The summed E-state index contributed by atoms with van der Waals surface area (Å²) in [5.41, 5.74) is 0.832. The molecule has 1 fully saturated rings. The van der Waals surface area contributed by atoms with Gasteiger partial charge in [-0.1, -0.05) is 46.8 Å². The highest BCUT2D eigenvalue weighted by atomic mass is 79.9. The quantitative estimate of drug-likeness (QED) is 0.615. The largest absolute Gasteiger partial charge is 0.493 e. The second-order valence-corrected chi connectivity index (χ2v) is 6.80. The number of hydrogen-bond acceptors (Lipinski definition) is 5. The van der Waals surface area contributed by atoms with Gasteiger partial charge >= 0.3 is 0 Å². The average molecular weight is 388 g/mol. The second kappa shape index (κ2) is 7.29. The summed E-state index contributed by atoms with van der Waals surface area (Å²) in [7, 11) is 1.59. The van der Waals surface area contributed by atoms with E-state index in [1.807, 2.05) is 19.1 Å². The highest BCUT2D eigenvalue weighted by Crippen LogP contribution is 2.36. The number of hydrogen-bond donors (Lipinski definition) is 1. The Balaban J connectivity index is 2.34. The summed E-state index contributed by atoms with van der Waals surface area (Å²) in [5, 5.41) is 2.59. The molecule has 0 atom stereocenters. The molecule has 0 radical (unpaired) electrons. The molecule has 112 valence electrons. The number of carbonyl (C=O) groups is 1. The average Bonchev–Trinajstić information content (AvgIpc) is 2.77. The third-order valence-corrected chi connectivity index (χ3v) is 4.52. The number of halogens is 1. The lowest BCUT2D eigenvalue weighted by Crippen LogP contribution is -2.17. The van der Waals surface area contributed by atoms with Crippen LogP contribution in [0, 0.1) is 0 Å². The van der Waals surface area contributed by atoms with Crippen LogP contribution in [-0.4, -0.2) is 23.9 Å². The van der Waals surface area contributed by atoms with Crippen LogP contribution in [0.5, 0.6) is 11.5 Å². The molecule has 1 aromatic carbocycles. The molecule has 1 saturated heterocycles. The van der Waals surface area contributed by atoms with Crippen molar-refractivity contribution in [2.75, 3.05) is 13.7 Å². The molecular formula is C14H14BrNO3S2. The van der Waals surface area contributed by atoms with Crippen LogP contribution in [0.4, 0.5) is 0 Å². The molecule has 2 rings (SSSR count). The van der Waals surface area contributed by atoms with Crippen molar-refractivity contribution in [3.8, 4) is 11.5 Å². The van der Waals surface area contributed by atoms with Crippen LogP contribution in [0.1, 0.15) is 18.9 Å². The number of amides is 1. The maximum Gasteiger partial charge on any atom is 0.263 e. The van der Waals surface area contributed by atoms with Gasteiger partial charge in [-0.3, -0.25) is 4.79 Å². The zero-order valence-electron chi connectivity index (χ0n) is 11.6. The molecule has 0 aromatic heterocycles. The Morgan fingerprint density at radius 2 is 2.19 bits per heavy atom. The van der Waals surface area contributed by atoms with E-state index in [-0.39, 0.29) is 5.91 Å². The first kappa shape index (κ1) is 16.3. The second-order valence-electron chi connectivity index (χ2n) is 4.23. The first-order chi connectivity index (χ1) is 10.0. The first-order valence-corrected chi connectivity index (χ1v) is 8.32. The molecule has 0 bridgehead atoms. The molecule has 1 aliphatic rings. The van der Waals surface area contributed by atoms with E-state index in [1.54, 1.807) is 13.2 Å². The van der Waals surface area contributed by atoms with Gasteiger partial charge in [-0.25, -0.2) is 0 Å². The number of thiocarbonyl (C=S) groups is 1. The lowest BCUT2D eigenvalue weighted by Gasteiger charge is -2.12. The van der Waals surface area contributed by atoms with Crippen molar-refractivity contribution >= 4 is 56.2 Å².